The number of hydrogen-bond donors (Lipinski definition) is 1. The molecule has 1 aliphatic rings. The van der Waals surface area contributed by atoms with Gasteiger partial charge >= 0.3 is 0 Å². The molecule has 3 rings (SSSR count). The fraction of sp³-hybridized carbons (Fsp3) is 0.368. The molecule has 0 aliphatic carbocycles. The largest absolute Gasteiger partial charge is 0.310 e. The van der Waals surface area contributed by atoms with Gasteiger partial charge in [-0.05, 0) is 65.1 Å². The van der Waals surface area contributed by atoms with Crippen molar-refractivity contribution in [2.75, 3.05) is 13.1 Å². The number of likely N-dealkylation sites (tertiary alicyclic amines) is 1. The van der Waals surface area contributed by atoms with Crippen LogP contribution in [0.4, 0.5) is 4.39 Å². The predicted molar refractivity (Wildman–Crippen MR) is 95.7 cm³/mol. The first-order valence-corrected chi connectivity index (χ1v) is 8.93. The molecule has 23 heavy (non-hydrogen) atoms. The van der Waals surface area contributed by atoms with E-state index in [9.17, 15) is 4.39 Å². The van der Waals surface area contributed by atoms with Gasteiger partial charge in [-0.2, -0.15) is 0 Å². The van der Waals surface area contributed by atoms with Gasteiger partial charge in [-0.15, -0.1) is 0 Å². The first kappa shape index (κ1) is 16.6. The summed E-state index contributed by atoms with van der Waals surface area (Å²) in [5.74, 6) is -0.206. The van der Waals surface area contributed by atoms with Crippen molar-refractivity contribution in [2.45, 2.75) is 32.0 Å². The number of piperidine rings is 1. The van der Waals surface area contributed by atoms with Crippen molar-refractivity contribution in [2.24, 2.45) is 0 Å². The summed E-state index contributed by atoms with van der Waals surface area (Å²) < 4.78 is 13.8. The fourth-order valence-electron chi connectivity index (χ4n) is 3.05. The van der Waals surface area contributed by atoms with Crippen LogP contribution in [0.2, 0.25) is 0 Å². The quantitative estimate of drug-likeness (QED) is 0.834. The van der Waals surface area contributed by atoms with Gasteiger partial charge in [0, 0.05) is 19.1 Å². The van der Waals surface area contributed by atoms with Crippen LogP contribution in [-0.4, -0.2) is 24.0 Å². The summed E-state index contributed by atoms with van der Waals surface area (Å²) in [6.45, 7) is 4.08. The number of halogens is 2. The number of nitrogens with zero attached hydrogens (tertiary/aromatic N) is 1. The van der Waals surface area contributed by atoms with Crippen molar-refractivity contribution in [1.82, 2.24) is 10.2 Å². The Morgan fingerprint density at radius 3 is 2.48 bits per heavy atom. The molecule has 0 aromatic heterocycles. The molecular formula is C19H22BrFN2. The Bertz CT molecular complexity index is 625. The maximum atomic E-state index is 13.2. The Morgan fingerprint density at radius 1 is 1.04 bits per heavy atom. The lowest BCUT2D eigenvalue weighted by atomic mass is 10.0. The smallest absolute Gasteiger partial charge is 0.137 e. The van der Waals surface area contributed by atoms with Crippen LogP contribution in [0.5, 0.6) is 0 Å². The summed E-state index contributed by atoms with van der Waals surface area (Å²) in [6.07, 6.45) is 2.32. The molecule has 0 radical (unpaired) electrons. The molecule has 2 aromatic rings. The maximum Gasteiger partial charge on any atom is 0.137 e. The second kappa shape index (κ2) is 8.04. The summed E-state index contributed by atoms with van der Waals surface area (Å²) in [5.41, 5.74) is 2.50. The average Bonchev–Trinajstić information content (AvgIpc) is 2.58. The maximum absolute atomic E-state index is 13.2. The highest BCUT2D eigenvalue weighted by Crippen LogP contribution is 2.18. The molecule has 0 saturated carbocycles. The molecule has 0 amide bonds. The van der Waals surface area contributed by atoms with Crippen LogP contribution in [-0.2, 0) is 13.1 Å². The minimum atomic E-state index is -0.206. The number of nitrogens with one attached hydrogen (secondary N) is 1. The van der Waals surface area contributed by atoms with Gasteiger partial charge in [0.25, 0.3) is 0 Å². The van der Waals surface area contributed by atoms with E-state index in [1.54, 1.807) is 0 Å². The van der Waals surface area contributed by atoms with Crippen molar-refractivity contribution < 1.29 is 4.39 Å². The van der Waals surface area contributed by atoms with Crippen molar-refractivity contribution in [3.8, 4) is 0 Å². The minimum absolute atomic E-state index is 0.206. The van der Waals surface area contributed by atoms with Gasteiger partial charge in [0.1, 0.15) is 5.82 Å². The van der Waals surface area contributed by atoms with Gasteiger partial charge in [-0.1, -0.05) is 36.4 Å². The highest BCUT2D eigenvalue weighted by Gasteiger charge is 2.18. The summed E-state index contributed by atoms with van der Waals surface area (Å²) in [7, 11) is 0. The zero-order valence-electron chi connectivity index (χ0n) is 13.1. The zero-order valence-corrected chi connectivity index (χ0v) is 14.7. The third kappa shape index (κ3) is 4.87. The molecule has 2 aromatic carbocycles. The molecule has 1 N–H and O–H groups in total. The number of hydrogen-bond acceptors (Lipinski definition) is 2. The zero-order chi connectivity index (χ0) is 16.1. The van der Waals surface area contributed by atoms with Crippen LogP contribution < -0.4 is 5.32 Å². The van der Waals surface area contributed by atoms with Crippen LogP contribution in [0.15, 0.2) is 53.0 Å². The van der Waals surface area contributed by atoms with E-state index in [0.717, 1.165) is 44.6 Å². The molecule has 0 spiro atoms. The van der Waals surface area contributed by atoms with E-state index in [2.05, 4.69) is 56.5 Å². The lowest BCUT2D eigenvalue weighted by molar-refractivity contribution is 0.190. The second-order valence-corrected chi connectivity index (χ2v) is 7.02. The Balaban J connectivity index is 1.43. The molecular weight excluding hydrogens is 355 g/mol. The Kier molecular flexibility index (Phi) is 5.81. The fourth-order valence-corrected chi connectivity index (χ4v) is 3.47. The van der Waals surface area contributed by atoms with Gasteiger partial charge < -0.3 is 5.32 Å². The highest BCUT2D eigenvalue weighted by molar-refractivity contribution is 9.10. The SMILES string of the molecule is Fc1ccc(CNC2CCN(Cc3ccccc3)CC2)cc1Br. The van der Waals surface area contributed by atoms with Crippen LogP contribution >= 0.6 is 15.9 Å². The number of benzene rings is 2. The Morgan fingerprint density at radius 2 is 1.78 bits per heavy atom. The van der Waals surface area contributed by atoms with Crippen LogP contribution in [0.1, 0.15) is 24.0 Å². The molecule has 1 fully saturated rings. The topological polar surface area (TPSA) is 15.3 Å². The van der Waals surface area contributed by atoms with Gasteiger partial charge in [0.15, 0.2) is 0 Å². The van der Waals surface area contributed by atoms with E-state index in [0.29, 0.717) is 10.5 Å². The molecule has 2 nitrogen and oxygen atoms in total. The van der Waals surface area contributed by atoms with Gasteiger partial charge in [-0.3, -0.25) is 4.90 Å². The summed E-state index contributed by atoms with van der Waals surface area (Å²) >= 11 is 3.24. The average molecular weight is 377 g/mol. The second-order valence-electron chi connectivity index (χ2n) is 6.17. The predicted octanol–water partition coefficient (Wildman–Crippen LogP) is 4.34. The minimum Gasteiger partial charge on any atom is -0.310 e. The standard InChI is InChI=1S/C19H22BrFN2/c20-18-12-16(6-7-19(18)21)13-22-17-8-10-23(11-9-17)14-15-4-2-1-3-5-15/h1-7,12,17,22H,8-11,13-14H2. The van der Waals surface area contributed by atoms with E-state index in [1.807, 2.05) is 12.1 Å². The lowest BCUT2D eigenvalue weighted by Crippen LogP contribution is -2.41. The summed E-state index contributed by atoms with van der Waals surface area (Å²) in [6, 6.07) is 16.4. The molecule has 1 saturated heterocycles. The van der Waals surface area contributed by atoms with Gasteiger partial charge in [-0.25, -0.2) is 4.39 Å². The van der Waals surface area contributed by atoms with Crippen LogP contribution in [0.3, 0.4) is 0 Å². The van der Waals surface area contributed by atoms with Crippen molar-refractivity contribution in [1.29, 1.82) is 0 Å². The van der Waals surface area contributed by atoms with E-state index >= 15 is 0 Å². The molecule has 1 aliphatic heterocycles. The molecule has 0 unspecified atom stereocenters. The highest BCUT2D eigenvalue weighted by atomic mass is 79.9. The van der Waals surface area contributed by atoms with E-state index in [-0.39, 0.29) is 5.82 Å². The normalized spacial score (nSPS) is 16.6. The summed E-state index contributed by atoms with van der Waals surface area (Å²) in [4.78, 5) is 2.52. The van der Waals surface area contributed by atoms with Crippen LogP contribution in [0.25, 0.3) is 0 Å². The lowest BCUT2D eigenvalue weighted by Gasteiger charge is -2.32. The van der Waals surface area contributed by atoms with E-state index in [4.69, 9.17) is 0 Å². The summed E-state index contributed by atoms with van der Waals surface area (Å²) in [5, 5.41) is 3.60. The number of rotatable bonds is 5. The van der Waals surface area contributed by atoms with Gasteiger partial charge in [0.2, 0.25) is 0 Å². The van der Waals surface area contributed by atoms with Crippen molar-refractivity contribution >= 4 is 15.9 Å². The van der Waals surface area contributed by atoms with E-state index < -0.39 is 0 Å². The third-order valence-electron chi connectivity index (χ3n) is 4.42. The monoisotopic (exact) mass is 376 g/mol. The molecule has 0 atom stereocenters. The Hall–Kier alpha value is -1.23. The van der Waals surface area contributed by atoms with Crippen LogP contribution in [0, 0.1) is 5.82 Å². The van der Waals surface area contributed by atoms with Gasteiger partial charge in [0.05, 0.1) is 4.47 Å². The molecule has 1 heterocycles. The van der Waals surface area contributed by atoms with E-state index in [1.165, 1.54) is 11.6 Å². The molecule has 0 bridgehead atoms. The van der Waals surface area contributed by atoms with Crippen molar-refractivity contribution in [3.05, 3.63) is 69.9 Å². The molecule has 122 valence electrons. The third-order valence-corrected chi connectivity index (χ3v) is 5.02. The molecule has 4 heteroatoms. The first-order chi connectivity index (χ1) is 11.2. The first-order valence-electron chi connectivity index (χ1n) is 8.14. The van der Waals surface area contributed by atoms with Crippen molar-refractivity contribution in [3.63, 3.8) is 0 Å². The Labute approximate surface area is 145 Å².